The third-order valence-electron chi connectivity index (χ3n) is 4.97. The molecule has 1 fully saturated rings. The fraction of sp³-hybridized carbons (Fsp3) is 0.474. The predicted molar refractivity (Wildman–Crippen MR) is 104 cm³/mol. The van der Waals surface area contributed by atoms with E-state index in [-0.39, 0.29) is 24.4 Å². The molecule has 2 atom stereocenters. The van der Waals surface area contributed by atoms with E-state index in [1.807, 2.05) is 55.2 Å². The number of methoxy groups -OCH3 is 1. The first-order valence-corrected chi connectivity index (χ1v) is 8.77. The number of rotatable bonds is 5. The van der Waals surface area contributed by atoms with E-state index in [1.165, 1.54) is 0 Å². The molecule has 1 aromatic carbocycles. The van der Waals surface area contributed by atoms with Crippen LogP contribution in [0.15, 0.2) is 36.5 Å². The van der Waals surface area contributed by atoms with Gasteiger partial charge in [-0.1, -0.05) is 12.1 Å². The summed E-state index contributed by atoms with van der Waals surface area (Å²) < 4.78 is 7.11. The van der Waals surface area contributed by atoms with Gasteiger partial charge >= 0.3 is 0 Å². The minimum atomic E-state index is -0.0640. The zero-order chi connectivity index (χ0) is 17.8. The maximum atomic E-state index is 12.8. The number of benzene rings is 1. The van der Waals surface area contributed by atoms with Gasteiger partial charge in [0.1, 0.15) is 11.4 Å². The van der Waals surface area contributed by atoms with E-state index in [2.05, 4.69) is 10.4 Å². The second-order valence-electron chi connectivity index (χ2n) is 6.55. The number of halogens is 1. The Labute approximate surface area is 160 Å². The van der Waals surface area contributed by atoms with E-state index in [0.717, 1.165) is 37.2 Å². The van der Waals surface area contributed by atoms with E-state index >= 15 is 0 Å². The number of piperidine rings is 1. The summed E-state index contributed by atoms with van der Waals surface area (Å²) in [5, 5.41) is 7.90. The molecule has 26 heavy (non-hydrogen) atoms. The zero-order valence-electron chi connectivity index (χ0n) is 15.5. The molecule has 2 unspecified atom stereocenters. The van der Waals surface area contributed by atoms with Crippen molar-refractivity contribution >= 4 is 18.3 Å². The largest absolute Gasteiger partial charge is 0.497 e. The molecule has 0 aliphatic carbocycles. The lowest BCUT2D eigenvalue weighted by Gasteiger charge is -2.25. The summed E-state index contributed by atoms with van der Waals surface area (Å²) in [4.78, 5) is 14.5. The maximum absolute atomic E-state index is 12.8. The lowest BCUT2D eigenvalue weighted by molar-refractivity contribution is 0.0735. The number of hydrogen-bond donors (Lipinski definition) is 1. The van der Waals surface area contributed by atoms with Gasteiger partial charge in [-0.2, -0.15) is 5.10 Å². The Balaban J connectivity index is 0.00000243. The van der Waals surface area contributed by atoms with Crippen LogP contribution in [-0.2, 0) is 0 Å². The highest BCUT2D eigenvalue weighted by molar-refractivity contribution is 5.92. The van der Waals surface area contributed by atoms with Gasteiger partial charge in [-0.05, 0) is 50.1 Å². The Morgan fingerprint density at radius 1 is 1.35 bits per heavy atom. The number of hydrogen-bond acceptors (Lipinski definition) is 4. The Kier molecular flexibility index (Phi) is 7.06. The fourth-order valence-corrected chi connectivity index (χ4v) is 3.18. The van der Waals surface area contributed by atoms with E-state index in [0.29, 0.717) is 11.7 Å². The molecule has 1 saturated heterocycles. The van der Waals surface area contributed by atoms with Gasteiger partial charge < -0.3 is 15.0 Å². The molecule has 6 nitrogen and oxygen atoms in total. The van der Waals surface area contributed by atoms with Crippen LogP contribution in [0, 0.1) is 0 Å². The van der Waals surface area contributed by atoms with Gasteiger partial charge in [0.2, 0.25) is 0 Å². The quantitative estimate of drug-likeness (QED) is 0.868. The van der Waals surface area contributed by atoms with Gasteiger partial charge in [0.05, 0.1) is 19.2 Å². The van der Waals surface area contributed by atoms with Crippen molar-refractivity contribution in [3.8, 4) is 5.75 Å². The van der Waals surface area contributed by atoms with Crippen LogP contribution in [0.2, 0.25) is 0 Å². The molecule has 0 spiro atoms. The second-order valence-corrected chi connectivity index (χ2v) is 6.55. The highest BCUT2D eigenvalue weighted by Crippen LogP contribution is 2.23. The summed E-state index contributed by atoms with van der Waals surface area (Å²) in [6.07, 6.45) is 4.15. The fourth-order valence-electron chi connectivity index (χ4n) is 3.18. The van der Waals surface area contributed by atoms with E-state index < -0.39 is 0 Å². The number of amides is 1. The van der Waals surface area contributed by atoms with Gasteiger partial charge in [-0.15, -0.1) is 12.4 Å². The average molecular weight is 379 g/mol. The molecule has 1 N–H and O–H groups in total. The topological polar surface area (TPSA) is 59.4 Å². The van der Waals surface area contributed by atoms with Crippen LogP contribution < -0.4 is 10.1 Å². The van der Waals surface area contributed by atoms with Gasteiger partial charge in [0.25, 0.3) is 5.91 Å². The third-order valence-corrected chi connectivity index (χ3v) is 4.97. The highest BCUT2D eigenvalue weighted by atomic mass is 35.5. The number of carbonyl (C=O) groups excluding carboxylic acids is 1. The average Bonchev–Trinajstić information content (AvgIpc) is 3.17. The molecule has 3 rings (SSSR count). The van der Waals surface area contributed by atoms with Crippen molar-refractivity contribution in [2.75, 3.05) is 27.2 Å². The molecule has 1 aliphatic heterocycles. The third kappa shape index (κ3) is 4.37. The van der Waals surface area contributed by atoms with Gasteiger partial charge in [0, 0.05) is 19.8 Å². The molecule has 7 heteroatoms. The molecular weight excluding hydrogens is 352 g/mol. The molecule has 1 aliphatic rings. The minimum absolute atomic E-state index is 0. The van der Waals surface area contributed by atoms with E-state index in [1.54, 1.807) is 12.0 Å². The summed E-state index contributed by atoms with van der Waals surface area (Å²) in [6.45, 7) is 3.99. The summed E-state index contributed by atoms with van der Waals surface area (Å²) in [6, 6.07) is 9.90. The Morgan fingerprint density at radius 3 is 2.69 bits per heavy atom. The van der Waals surface area contributed by atoms with Crippen molar-refractivity contribution in [2.24, 2.45) is 0 Å². The molecule has 0 saturated carbocycles. The number of nitrogens with zero attached hydrogens (tertiary/aromatic N) is 3. The normalized spacial score (nSPS) is 17.9. The first-order valence-electron chi connectivity index (χ1n) is 8.77. The van der Waals surface area contributed by atoms with Crippen molar-refractivity contribution in [3.63, 3.8) is 0 Å². The summed E-state index contributed by atoms with van der Waals surface area (Å²) in [5.41, 5.74) is 1.56. The van der Waals surface area contributed by atoms with Crippen LogP contribution >= 0.6 is 12.4 Å². The lowest BCUT2D eigenvalue weighted by atomic mass is 10.1. The van der Waals surface area contributed by atoms with Crippen molar-refractivity contribution in [2.45, 2.75) is 31.8 Å². The predicted octanol–water partition coefficient (Wildman–Crippen LogP) is 3.07. The number of nitrogens with one attached hydrogen (secondary N) is 1. The van der Waals surface area contributed by atoms with E-state index in [9.17, 15) is 4.79 Å². The van der Waals surface area contributed by atoms with Crippen molar-refractivity contribution in [1.82, 2.24) is 20.0 Å². The monoisotopic (exact) mass is 378 g/mol. The SMILES string of the molecule is COc1ccc(C(C)N(C)C(=O)c2ccn(C3CCCNC3)n2)cc1.Cl. The van der Waals surface area contributed by atoms with Gasteiger partial charge in [-0.25, -0.2) is 0 Å². The van der Waals surface area contributed by atoms with Crippen LogP contribution in [0.1, 0.15) is 47.9 Å². The maximum Gasteiger partial charge on any atom is 0.274 e. The molecule has 0 bridgehead atoms. The van der Waals surface area contributed by atoms with Gasteiger partial charge in [-0.3, -0.25) is 9.48 Å². The number of aromatic nitrogens is 2. The molecule has 2 heterocycles. The molecule has 1 aromatic heterocycles. The van der Waals surface area contributed by atoms with Crippen LogP contribution in [-0.4, -0.2) is 47.8 Å². The Morgan fingerprint density at radius 2 is 2.08 bits per heavy atom. The van der Waals surface area contributed by atoms with Crippen molar-refractivity contribution in [1.29, 1.82) is 0 Å². The van der Waals surface area contributed by atoms with Crippen molar-refractivity contribution in [3.05, 3.63) is 47.8 Å². The molecule has 1 amide bonds. The van der Waals surface area contributed by atoms with Crippen molar-refractivity contribution < 1.29 is 9.53 Å². The molecule has 0 radical (unpaired) electrons. The number of carbonyl (C=O) groups is 1. The highest BCUT2D eigenvalue weighted by Gasteiger charge is 2.23. The molecule has 142 valence electrons. The van der Waals surface area contributed by atoms with Crippen LogP contribution in [0.4, 0.5) is 0 Å². The number of ether oxygens (including phenoxy) is 1. The zero-order valence-corrected chi connectivity index (χ0v) is 16.3. The minimum Gasteiger partial charge on any atom is -0.497 e. The smallest absolute Gasteiger partial charge is 0.274 e. The summed E-state index contributed by atoms with van der Waals surface area (Å²) in [5.74, 6) is 0.746. The van der Waals surface area contributed by atoms with E-state index in [4.69, 9.17) is 4.74 Å². The van der Waals surface area contributed by atoms with Crippen LogP contribution in [0.25, 0.3) is 0 Å². The lowest BCUT2D eigenvalue weighted by Crippen LogP contribution is -2.33. The first-order chi connectivity index (χ1) is 12.1. The Bertz CT molecular complexity index is 711. The summed E-state index contributed by atoms with van der Waals surface area (Å²) >= 11 is 0. The van der Waals surface area contributed by atoms with Crippen LogP contribution in [0.3, 0.4) is 0 Å². The standard InChI is InChI=1S/C19H26N4O2.ClH/c1-14(15-6-8-17(25-3)9-7-15)22(2)19(24)18-10-12-23(21-18)16-5-4-11-20-13-16;/h6-10,12,14,16,20H,4-5,11,13H2,1-3H3;1H. The Hall–Kier alpha value is -2.05. The molecule has 2 aromatic rings. The second kappa shape index (κ2) is 9.05. The first kappa shape index (κ1) is 20.3. The van der Waals surface area contributed by atoms with Gasteiger partial charge in [0.15, 0.2) is 0 Å². The van der Waals surface area contributed by atoms with Crippen LogP contribution in [0.5, 0.6) is 5.75 Å². The summed E-state index contributed by atoms with van der Waals surface area (Å²) in [7, 11) is 3.46. The molecular formula is C19H27ClN4O2.